The minimum Gasteiger partial charge on any atom is -0.392 e. The summed E-state index contributed by atoms with van der Waals surface area (Å²) < 4.78 is 27.4. The molecule has 1 aromatic carbocycles. The molecule has 0 fully saturated rings. The highest BCUT2D eigenvalue weighted by atomic mass is 35.5. The number of aliphatic hydroxyl groups excluding tert-OH is 1. The van der Waals surface area contributed by atoms with Gasteiger partial charge in [0.25, 0.3) is 0 Å². The lowest BCUT2D eigenvalue weighted by atomic mass is 10.1. The van der Waals surface area contributed by atoms with Gasteiger partial charge in [-0.15, -0.1) is 11.3 Å². The van der Waals surface area contributed by atoms with Crippen molar-refractivity contribution in [1.29, 1.82) is 0 Å². The number of halogens is 1. The predicted molar refractivity (Wildman–Crippen MR) is 85.2 cm³/mol. The van der Waals surface area contributed by atoms with Crippen molar-refractivity contribution in [3.63, 3.8) is 0 Å². The van der Waals surface area contributed by atoms with E-state index in [0.717, 1.165) is 9.75 Å². The van der Waals surface area contributed by atoms with Crippen molar-refractivity contribution in [2.75, 3.05) is 0 Å². The number of thiophene rings is 1. The van der Waals surface area contributed by atoms with Crippen LogP contribution in [0.15, 0.2) is 29.2 Å². The Labute approximate surface area is 133 Å². The number of aliphatic hydroxyl groups is 1. The van der Waals surface area contributed by atoms with E-state index in [-0.39, 0.29) is 23.1 Å². The monoisotopic (exact) mass is 345 g/mol. The smallest absolute Gasteiger partial charge is 0.241 e. The molecule has 0 saturated carbocycles. The average Bonchev–Trinajstić information content (AvgIpc) is 2.84. The molecule has 2 rings (SSSR count). The Balaban J connectivity index is 2.29. The lowest BCUT2D eigenvalue weighted by Crippen LogP contribution is -2.24. The van der Waals surface area contributed by atoms with Crippen LogP contribution in [-0.2, 0) is 23.2 Å². The minimum absolute atomic E-state index is 0.104. The van der Waals surface area contributed by atoms with Gasteiger partial charge in [0.1, 0.15) is 0 Å². The number of rotatable bonds is 5. The summed E-state index contributed by atoms with van der Waals surface area (Å²) in [4.78, 5) is 2.18. The van der Waals surface area contributed by atoms with E-state index >= 15 is 0 Å². The SMILES string of the molecule is Cc1ccc(CNS(=O)(=O)c2cc(Cl)cc(CO)c2C)s1. The first-order chi connectivity index (χ1) is 9.83. The van der Waals surface area contributed by atoms with Crippen LogP contribution >= 0.6 is 22.9 Å². The third kappa shape index (κ3) is 3.84. The first kappa shape index (κ1) is 16.5. The van der Waals surface area contributed by atoms with Gasteiger partial charge in [-0.05, 0) is 49.2 Å². The molecule has 0 aliphatic rings. The number of sulfonamides is 1. The minimum atomic E-state index is -3.67. The summed E-state index contributed by atoms with van der Waals surface area (Å²) in [6, 6.07) is 6.81. The summed E-state index contributed by atoms with van der Waals surface area (Å²) in [7, 11) is -3.67. The van der Waals surface area contributed by atoms with Crippen LogP contribution in [0.1, 0.15) is 20.9 Å². The third-order valence-electron chi connectivity index (χ3n) is 3.12. The van der Waals surface area contributed by atoms with Gasteiger partial charge in [-0.25, -0.2) is 13.1 Å². The molecule has 0 bridgehead atoms. The molecule has 0 saturated heterocycles. The maximum Gasteiger partial charge on any atom is 0.241 e. The zero-order valence-corrected chi connectivity index (χ0v) is 14.1. The van der Waals surface area contributed by atoms with Crippen molar-refractivity contribution >= 4 is 33.0 Å². The second-order valence-corrected chi connectivity index (χ2v) is 8.23. The molecule has 21 heavy (non-hydrogen) atoms. The van der Waals surface area contributed by atoms with Gasteiger partial charge in [0, 0.05) is 21.3 Å². The molecular weight excluding hydrogens is 330 g/mol. The molecule has 2 N–H and O–H groups in total. The number of nitrogens with one attached hydrogen (secondary N) is 1. The summed E-state index contributed by atoms with van der Waals surface area (Å²) in [5, 5.41) is 9.56. The first-order valence-corrected chi connectivity index (χ1v) is 8.96. The molecule has 0 amide bonds. The number of hydrogen-bond donors (Lipinski definition) is 2. The standard InChI is InChI=1S/C14H16ClNO3S2/c1-9-3-4-13(20-9)7-16-21(18,19)14-6-12(15)5-11(8-17)10(14)2/h3-6,16-17H,7-8H2,1-2H3. The van der Waals surface area contributed by atoms with Crippen molar-refractivity contribution in [3.8, 4) is 0 Å². The number of benzene rings is 1. The van der Waals surface area contributed by atoms with Crippen molar-refractivity contribution in [2.24, 2.45) is 0 Å². The van der Waals surface area contributed by atoms with E-state index in [1.807, 2.05) is 19.1 Å². The van der Waals surface area contributed by atoms with E-state index in [0.29, 0.717) is 11.1 Å². The van der Waals surface area contributed by atoms with E-state index in [1.54, 1.807) is 24.3 Å². The van der Waals surface area contributed by atoms with Crippen LogP contribution in [0, 0.1) is 13.8 Å². The molecule has 0 aliphatic heterocycles. The maximum atomic E-state index is 12.4. The lowest BCUT2D eigenvalue weighted by Gasteiger charge is -2.12. The molecule has 7 heteroatoms. The van der Waals surface area contributed by atoms with Crippen molar-refractivity contribution < 1.29 is 13.5 Å². The van der Waals surface area contributed by atoms with Crippen molar-refractivity contribution in [1.82, 2.24) is 4.72 Å². The Morgan fingerprint density at radius 2 is 2.00 bits per heavy atom. The third-order valence-corrected chi connectivity index (χ3v) is 5.87. The van der Waals surface area contributed by atoms with Gasteiger partial charge in [0.15, 0.2) is 0 Å². The van der Waals surface area contributed by atoms with E-state index < -0.39 is 10.0 Å². The molecule has 0 spiro atoms. The molecule has 0 atom stereocenters. The van der Waals surface area contributed by atoms with Gasteiger partial charge >= 0.3 is 0 Å². The number of aryl methyl sites for hydroxylation is 1. The summed E-state index contributed by atoms with van der Waals surface area (Å²) >= 11 is 7.47. The van der Waals surface area contributed by atoms with Crippen LogP contribution in [0.2, 0.25) is 5.02 Å². The van der Waals surface area contributed by atoms with Crippen LogP contribution in [0.3, 0.4) is 0 Å². The first-order valence-electron chi connectivity index (χ1n) is 6.28. The number of hydrogen-bond acceptors (Lipinski definition) is 4. The van der Waals surface area contributed by atoms with E-state index in [4.69, 9.17) is 11.6 Å². The zero-order chi connectivity index (χ0) is 15.6. The van der Waals surface area contributed by atoms with Crippen molar-refractivity contribution in [3.05, 3.63) is 50.2 Å². The topological polar surface area (TPSA) is 66.4 Å². The van der Waals surface area contributed by atoms with Crippen LogP contribution in [0.25, 0.3) is 0 Å². The molecular formula is C14H16ClNO3S2. The Kier molecular flexibility index (Phi) is 5.06. The van der Waals surface area contributed by atoms with Crippen LogP contribution < -0.4 is 4.72 Å². The molecule has 4 nitrogen and oxygen atoms in total. The van der Waals surface area contributed by atoms with Crippen LogP contribution in [0.4, 0.5) is 0 Å². The summed E-state index contributed by atoms with van der Waals surface area (Å²) in [5.41, 5.74) is 1.02. The normalized spacial score (nSPS) is 11.8. The lowest BCUT2D eigenvalue weighted by molar-refractivity contribution is 0.280. The fraction of sp³-hybridized carbons (Fsp3) is 0.286. The Morgan fingerprint density at radius 1 is 1.29 bits per heavy atom. The Hall–Kier alpha value is -0.920. The Bertz CT molecular complexity index is 754. The van der Waals surface area contributed by atoms with Gasteiger partial charge < -0.3 is 5.11 Å². The molecule has 114 valence electrons. The molecule has 1 heterocycles. The predicted octanol–water partition coefficient (Wildman–Crippen LogP) is 2.99. The summed E-state index contributed by atoms with van der Waals surface area (Å²) in [6.07, 6.45) is 0. The summed E-state index contributed by atoms with van der Waals surface area (Å²) in [6.45, 7) is 3.61. The Morgan fingerprint density at radius 3 is 2.57 bits per heavy atom. The van der Waals surface area contributed by atoms with E-state index in [9.17, 15) is 13.5 Å². The van der Waals surface area contributed by atoms with Crippen LogP contribution in [-0.4, -0.2) is 13.5 Å². The maximum absolute atomic E-state index is 12.4. The fourth-order valence-corrected chi connectivity index (χ4v) is 4.52. The summed E-state index contributed by atoms with van der Waals surface area (Å²) in [5.74, 6) is 0. The van der Waals surface area contributed by atoms with Crippen LogP contribution in [0.5, 0.6) is 0 Å². The largest absolute Gasteiger partial charge is 0.392 e. The van der Waals surface area contributed by atoms with E-state index in [1.165, 1.54) is 6.07 Å². The second kappa shape index (κ2) is 6.46. The molecule has 1 aromatic heterocycles. The highest BCUT2D eigenvalue weighted by Gasteiger charge is 2.19. The van der Waals surface area contributed by atoms with Gasteiger partial charge in [-0.1, -0.05) is 11.6 Å². The zero-order valence-electron chi connectivity index (χ0n) is 11.7. The molecule has 0 unspecified atom stereocenters. The molecule has 0 radical (unpaired) electrons. The fourth-order valence-electron chi connectivity index (χ4n) is 1.98. The van der Waals surface area contributed by atoms with E-state index in [2.05, 4.69) is 4.72 Å². The quantitative estimate of drug-likeness (QED) is 0.875. The van der Waals surface area contributed by atoms with Crippen molar-refractivity contribution in [2.45, 2.75) is 31.9 Å². The molecule has 0 aliphatic carbocycles. The van der Waals surface area contributed by atoms with Gasteiger partial charge in [-0.2, -0.15) is 0 Å². The highest BCUT2D eigenvalue weighted by Crippen LogP contribution is 2.25. The second-order valence-electron chi connectivity index (χ2n) is 4.68. The van der Waals surface area contributed by atoms with Gasteiger partial charge in [0.05, 0.1) is 11.5 Å². The highest BCUT2D eigenvalue weighted by molar-refractivity contribution is 7.89. The van der Waals surface area contributed by atoms with Gasteiger partial charge in [-0.3, -0.25) is 0 Å². The molecule has 2 aromatic rings. The average molecular weight is 346 g/mol. The van der Waals surface area contributed by atoms with Gasteiger partial charge in [0.2, 0.25) is 10.0 Å².